The molecule has 0 radical (unpaired) electrons. The molecule has 6 heteroatoms. The Bertz CT molecular complexity index is 743. The summed E-state index contributed by atoms with van der Waals surface area (Å²) in [7, 11) is 0. The minimum Gasteiger partial charge on any atom is -0.357 e. The van der Waals surface area contributed by atoms with Gasteiger partial charge in [-0.2, -0.15) is 0 Å². The number of aryl methyl sites for hydroxylation is 2. The summed E-state index contributed by atoms with van der Waals surface area (Å²) in [6, 6.07) is 11.7. The molecule has 0 aliphatic carbocycles. The Hall–Kier alpha value is -1.92. The number of hydrogen-bond donors (Lipinski definition) is 2. The van der Waals surface area contributed by atoms with Gasteiger partial charge in [0.2, 0.25) is 0 Å². The van der Waals surface area contributed by atoms with Crippen LogP contribution in [0.5, 0.6) is 0 Å². The van der Waals surface area contributed by atoms with Crippen molar-refractivity contribution >= 4 is 17.3 Å². The second kappa shape index (κ2) is 10.0. The molecule has 0 saturated carbocycles. The molecule has 2 heterocycles. The number of aliphatic imine (C=N–C) groups is 1. The Morgan fingerprint density at radius 2 is 1.96 bits per heavy atom. The number of benzene rings is 1. The van der Waals surface area contributed by atoms with Crippen molar-refractivity contribution in [3.05, 3.63) is 51.5 Å². The zero-order valence-corrected chi connectivity index (χ0v) is 18.4. The van der Waals surface area contributed by atoms with E-state index < -0.39 is 0 Å². The van der Waals surface area contributed by atoms with Crippen LogP contribution < -0.4 is 10.6 Å². The van der Waals surface area contributed by atoms with Crippen molar-refractivity contribution in [3.63, 3.8) is 0 Å². The lowest BCUT2D eigenvalue weighted by atomic mass is 10.0. The van der Waals surface area contributed by atoms with E-state index in [9.17, 15) is 0 Å². The minimum absolute atomic E-state index is 0.469. The molecule has 1 atom stereocenters. The van der Waals surface area contributed by atoms with Crippen molar-refractivity contribution in [3.8, 4) is 0 Å². The summed E-state index contributed by atoms with van der Waals surface area (Å²) in [5.41, 5.74) is 2.52. The number of likely N-dealkylation sites (tertiary alicyclic amines) is 1. The normalized spacial score (nSPS) is 17.5. The van der Waals surface area contributed by atoms with Crippen LogP contribution in [0.15, 0.2) is 35.3 Å². The molecule has 1 aliphatic rings. The molecule has 28 heavy (non-hydrogen) atoms. The van der Waals surface area contributed by atoms with E-state index in [1.54, 1.807) is 11.3 Å². The van der Waals surface area contributed by atoms with Crippen molar-refractivity contribution in [2.45, 2.75) is 59.2 Å². The van der Waals surface area contributed by atoms with Crippen molar-refractivity contribution < 1.29 is 0 Å². The van der Waals surface area contributed by atoms with E-state index in [0.29, 0.717) is 18.6 Å². The summed E-state index contributed by atoms with van der Waals surface area (Å²) in [5.74, 6) is 0.905. The predicted molar refractivity (Wildman–Crippen MR) is 119 cm³/mol. The third kappa shape index (κ3) is 5.55. The van der Waals surface area contributed by atoms with E-state index >= 15 is 0 Å². The van der Waals surface area contributed by atoms with Crippen molar-refractivity contribution in [1.82, 2.24) is 20.5 Å². The zero-order chi connectivity index (χ0) is 19.9. The fourth-order valence-electron chi connectivity index (χ4n) is 3.64. The number of nitrogens with one attached hydrogen (secondary N) is 2. The average Bonchev–Trinajstić information content (AvgIpc) is 3.04. The van der Waals surface area contributed by atoms with Crippen LogP contribution in [0.3, 0.4) is 0 Å². The smallest absolute Gasteiger partial charge is 0.191 e. The number of piperidine rings is 1. The lowest BCUT2D eigenvalue weighted by molar-refractivity contribution is 0.158. The van der Waals surface area contributed by atoms with E-state index in [4.69, 9.17) is 4.99 Å². The molecule has 152 valence electrons. The Morgan fingerprint density at radius 1 is 1.25 bits per heavy atom. The van der Waals surface area contributed by atoms with Crippen LogP contribution in [0.25, 0.3) is 0 Å². The van der Waals surface area contributed by atoms with Crippen molar-refractivity contribution in [2.24, 2.45) is 4.99 Å². The van der Waals surface area contributed by atoms with Crippen LogP contribution >= 0.6 is 11.3 Å². The Morgan fingerprint density at radius 3 is 2.57 bits per heavy atom. The first kappa shape index (κ1) is 20.8. The lowest BCUT2D eigenvalue weighted by Crippen LogP contribution is -2.49. The molecule has 1 saturated heterocycles. The van der Waals surface area contributed by atoms with Gasteiger partial charge in [-0.25, -0.2) is 9.98 Å². The molecular weight excluding hydrogens is 366 g/mol. The second-order valence-corrected chi connectivity index (χ2v) is 8.77. The first-order valence-corrected chi connectivity index (χ1v) is 11.1. The highest BCUT2D eigenvalue weighted by Gasteiger charge is 2.24. The van der Waals surface area contributed by atoms with E-state index in [-0.39, 0.29) is 0 Å². The standard InChI is InChI=1S/C22H33N5S/c1-5-23-22(24-15-21-25-16(2)18(4)28-21)26-20-11-13-27(14-12-20)17(3)19-9-7-6-8-10-19/h6-10,17,20H,5,11-15H2,1-4H3,(H2,23,24,26). The number of hydrogen-bond acceptors (Lipinski definition) is 4. The summed E-state index contributed by atoms with van der Waals surface area (Å²) in [4.78, 5) is 13.2. The van der Waals surface area contributed by atoms with Gasteiger partial charge in [-0.05, 0) is 46.1 Å². The van der Waals surface area contributed by atoms with E-state index in [0.717, 1.165) is 49.1 Å². The molecule has 1 aliphatic heterocycles. The number of guanidine groups is 1. The van der Waals surface area contributed by atoms with Crippen LogP contribution in [-0.2, 0) is 6.54 Å². The quantitative estimate of drug-likeness (QED) is 0.569. The van der Waals surface area contributed by atoms with Crippen LogP contribution in [-0.4, -0.2) is 41.5 Å². The molecule has 1 fully saturated rings. The van der Waals surface area contributed by atoms with E-state index in [2.05, 4.69) is 78.5 Å². The van der Waals surface area contributed by atoms with Crippen LogP contribution in [0.1, 0.15) is 53.9 Å². The van der Waals surface area contributed by atoms with Gasteiger partial charge in [0, 0.05) is 36.6 Å². The Labute approximate surface area is 173 Å². The molecule has 3 rings (SSSR count). The molecule has 1 aromatic heterocycles. The van der Waals surface area contributed by atoms with Crippen LogP contribution in [0, 0.1) is 13.8 Å². The number of aromatic nitrogens is 1. The van der Waals surface area contributed by atoms with Gasteiger partial charge in [0.25, 0.3) is 0 Å². The van der Waals surface area contributed by atoms with E-state index in [1.807, 2.05) is 0 Å². The fourth-order valence-corrected chi connectivity index (χ4v) is 4.50. The zero-order valence-electron chi connectivity index (χ0n) is 17.5. The Balaban J connectivity index is 1.53. The second-order valence-electron chi connectivity index (χ2n) is 7.49. The van der Waals surface area contributed by atoms with Gasteiger partial charge in [0.15, 0.2) is 5.96 Å². The summed E-state index contributed by atoms with van der Waals surface area (Å²) < 4.78 is 0. The van der Waals surface area contributed by atoms with Gasteiger partial charge in [-0.3, -0.25) is 4.90 Å². The molecule has 0 bridgehead atoms. The van der Waals surface area contributed by atoms with Crippen LogP contribution in [0.4, 0.5) is 0 Å². The van der Waals surface area contributed by atoms with Crippen LogP contribution in [0.2, 0.25) is 0 Å². The van der Waals surface area contributed by atoms with Gasteiger partial charge >= 0.3 is 0 Å². The predicted octanol–water partition coefficient (Wildman–Crippen LogP) is 4.04. The first-order valence-electron chi connectivity index (χ1n) is 10.3. The fraction of sp³-hybridized carbons (Fsp3) is 0.545. The highest BCUT2D eigenvalue weighted by atomic mass is 32.1. The maximum absolute atomic E-state index is 4.76. The molecule has 2 aromatic rings. The monoisotopic (exact) mass is 399 g/mol. The lowest BCUT2D eigenvalue weighted by Gasteiger charge is -2.37. The molecule has 1 aromatic carbocycles. The first-order chi connectivity index (χ1) is 13.6. The molecule has 0 amide bonds. The Kier molecular flexibility index (Phi) is 7.45. The van der Waals surface area contributed by atoms with Crippen molar-refractivity contribution in [2.75, 3.05) is 19.6 Å². The summed E-state index contributed by atoms with van der Waals surface area (Å²) in [6.45, 7) is 12.3. The summed E-state index contributed by atoms with van der Waals surface area (Å²) >= 11 is 1.74. The van der Waals surface area contributed by atoms with Gasteiger partial charge in [-0.1, -0.05) is 30.3 Å². The molecule has 2 N–H and O–H groups in total. The maximum Gasteiger partial charge on any atom is 0.191 e. The topological polar surface area (TPSA) is 52.6 Å². The molecule has 5 nitrogen and oxygen atoms in total. The maximum atomic E-state index is 4.76. The summed E-state index contributed by atoms with van der Waals surface area (Å²) in [6.07, 6.45) is 2.27. The summed E-state index contributed by atoms with van der Waals surface area (Å²) in [5, 5.41) is 8.10. The molecular formula is C22H33N5S. The highest BCUT2D eigenvalue weighted by molar-refractivity contribution is 7.11. The van der Waals surface area contributed by atoms with Gasteiger partial charge in [0.1, 0.15) is 5.01 Å². The average molecular weight is 400 g/mol. The van der Waals surface area contributed by atoms with Crippen molar-refractivity contribution in [1.29, 1.82) is 0 Å². The molecule has 1 unspecified atom stereocenters. The third-order valence-corrected chi connectivity index (χ3v) is 6.55. The SMILES string of the molecule is CCNC(=NCc1nc(C)c(C)s1)NC1CCN(C(C)c2ccccc2)CC1. The van der Waals surface area contributed by atoms with Gasteiger partial charge in [-0.15, -0.1) is 11.3 Å². The number of nitrogens with zero attached hydrogens (tertiary/aromatic N) is 3. The number of thiazole rings is 1. The van der Waals surface area contributed by atoms with Gasteiger partial charge < -0.3 is 10.6 Å². The third-order valence-electron chi connectivity index (χ3n) is 5.49. The van der Waals surface area contributed by atoms with E-state index in [1.165, 1.54) is 10.4 Å². The largest absolute Gasteiger partial charge is 0.357 e. The highest BCUT2D eigenvalue weighted by Crippen LogP contribution is 2.24. The molecule has 0 spiro atoms. The van der Waals surface area contributed by atoms with Gasteiger partial charge in [0.05, 0.1) is 12.2 Å². The number of rotatable bonds is 6. The minimum atomic E-state index is 0.469.